The maximum Gasteiger partial charge on any atom is 0.407 e. The van der Waals surface area contributed by atoms with E-state index in [0.29, 0.717) is 6.61 Å². The fourth-order valence-electron chi connectivity index (χ4n) is 2.58. The number of ether oxygens (including phenoxy) is 2. The quantitative estimate of drug-likeness (QED) is 0.723. The second kappa shape index (κ2) is 4.14. The highest BCUT2D eigenvalue weighted by Gasteiger charge is 2.50. The van der Waals surface area contributed by atoms with Crippen LogP contribution in [0.4, 0.5) is 4.79 Å². The minimum Gasteiger partial charge on any atom is -0.444 e. The predicted octanol–water partition coefficient (Wildman–Crippen LogP) is 1.16. The number of alkyl carbamates (subject to hydrolysis) is 1. The molecule has 2 fully saturated rings. The summed E-state index contributed by atoms with van der Waals surface area (Å²) in [7, 11) is 0. The Kier molecular flexibility index (Phi) is 3.08. The number of hydrogen-bond acceptors (Lipinski definition) is 4. The smallest absolute Gasteiger partial charge is 0.407 e. The minimum atomic E-state index is -0.447. The average molecular weight is 242 g/mol. The lowest BCUT2D eigenvalue weighted by atomic mass is 9.73. The first-order chi connectivity index (χ1) is 7.78. The fraction of sp³-hybridized carbons (Fsp3) is 0.917. The molecule has 1 saturated carbocycles. The second-order valence-electron chi connectivity index (χ2n) is 6.21. The van der Waals surface area contributed by atoms with Gasteiger partial charge in [-0.2, -0.15) is 0 Å². The van der Waals surface area contributed by atoms with Crippen molar-refractivity contribution in [3.63, 3.8) is 0 Å². The monoisotopic (exact) mass is 242 g/mol. The van der Waals surface area contributed by atoms with Crippen LogP contribution >= 0.6 is 0 Å². The molecule has 0 aromatic rings. The summed E-state index contributed by atoms with van der Waals surface area (Å²) in [5.41, 5.74) is 5.30. The molecule has 1 amide bonds. The lowest BCUT2D eigenvalue weighted by molar-refractivity contribution is -0.0754. The zero-order valence-corrected chi connectivity index (χ0v) is 10.8. The third-order valence-electron chi connectivity index (χ3n) is 3.20. The molecule has 1 aliphatic heterocycles. The van der Waals surface area contributed by atoms with Gasteiger partial charge in [0.2, 0.25) is 0 Å². The van der Waals surface area contributed by atoms with E-state index in [9.17, 15) is 4.79 Å². The molecule has 3 N–H and O–H groups in total. The van der Waals surface area contributed by atoms with Crippen LogP contribution in [0.3, 0.4) is 0 Å². The Morgan fingerprint density at radius 1 is 1.41 bits per heavy atom. The van der Waals surface area contributed by atoms with E-state index < -0.39 is 5.60 Å². The van der Waals surface area contributed by atoms with Crippen LogP contribution in [0.15, 0.2) is 0 Å². The molecule has 0 aromatic carbocycles. The van der Waals surface area contributed by atoms with Gasteiger partial charge in [-0.15, -0.1) is 0 Å². The van der Waals surface area contributed by atoms with Gasteiger partial charge in [0.1, 0.15) is 5.60 Å². The number of hydrogen-bond donors (Lipinski definition) is 2. The van der Waals surface area contributed by atoms with Crippen molar-refractivity contribution < 1.29 is 14.3 Å². The van der Waals surface area contributed by atoms with Crippen LogP contribution < -0.4 is 11.1 Å². The van der Waals surface area contributed by atoms with Gasteiger partial charge in [0.25, 0.3) is 0 Å². The van der Waals surface area contributed by atoms with Gasteiger partial charge in [0, 0.05) is 12.1 Å². The zero-order valence-electron chi connectivity index (χ0n) is 10.8. The molecule has 0 bridgehead atoms. The molecule has 1 aliphatic carbocycles. The van der Waals surface area contributed by atoms with Crippen LogP contribution in [-0.2, 0) is 9.47 Å². The summed E-state index contributed by atoms with van der Waals surface area (Å²) in [5.74, 6) is 0. The topological polar surface area (TPSA) is 73.6 Å². The van der Waals surface area contributed by atoms with Gasteiger partial charge >= 0.3 is 6.09 Å². The van der Waals surface area contributed by atoms with Crippen molar-refractivity contribution in [3.05, 3.63) is 0 Å². The van der Waals surface area contributed by atoms with Gasteiger partial charge in [-0.1, -0.05) is 0 Å². The molecule has 98 valence electrons. The van der Waals surface area contributed by atoms with E-state index in [1.807, 2.05) is 20.8 Å². The van der Waals surface area contributed by atoms with Crippen molar-refractivity contribution in [2.45, 2.75) is 63.3 Å². The SMILES string of the molecule is CC(C)(C)OC(=O)NC1CC2(CC(N)CO2)C1. The predicted molar refractivity (Wildman–Crippen MR) is 63.7 cm³/mol. The van der Waals surface area contributed by atoms with Gasteiger partial charge < -0.3 is 20.5 Å². The minimum absolute atomic E-state index is 0.0703. The van der Waals surface area contributed by atoms with E-state index in [4.69, 9.17) is 15.2 Å². The Bertz CT molecular complexity index is 305. The summed E-state index contributed by atoms with van der Waals surface area (Å²) >= 11 is 0. The number of amides is 1. The highest BCUT2D eigenvalue weighted by molar-refractivity contribution is 5.68. The number of nitrogens with two attached hydrogens (primary N) is 1. The van der Waals surface area contributed by atoms with E-state index in [-0.39, 0.29) is 23.8 Å². The molecule has 1 unspecified atom stereocenters. The highest BCUT2D eigenvalue weighted by atomic mass is 16.6. The molecule has 5 heteroatoms. The Morgan fingerprint density at radius 3 is 2.53 bits per heavy atom. The standard InChI is InChI=1S/C12H22N2O3/c1-11(2,3)17-10(15)14-9-5-12(6-9)4-8(13)7-16-12/h8-9H,4-7,13H2,1-3H3,(H,14,15). The normalized spacial score (nSPS) is 36.7. The van der Waals surface area contributed by atoms with E-state index >= 15 is 0 Å². The second-order valence-corrected chi connectivity index (χ2v) is 6.21. The van der Waals surface area contributed by atoms with Crippen LogP contribution in [0.1, 0.15) is 40.0 Å². The first-order valence-electron chi connectivity index (χ1n) is 6.17. The van der Waals surface area contributed by atoms with E-state index in [1.165, 1.54) is 0 Å². The summed E-state index contributed by atoms with van der Waals surface area (Å²) in [4.78, 5) is 11.5. The molecule has 17 heavy (non-hydrogen) atoms. The lowest BCUT2D eigenvalue weighted by Gasteiger charge is -2.44. The molecule has 1 spiro atoms. The summed E-state index contributed by atoms with van der Waals surface area (Å²) in [6, 6.07) is 0.313. The van der Waals surface area contributed by atoms with Crippen LogP contribution in [0.25, 0.3) is 0 Å². The third-order valence-corrected chi connectivity index (χ3v) is 3.20. The largest absolute Gasteiger partial charge is 0.444 e. The fourth-order valence-corrected chi connectivity index (χ4v) is 2.58. The van der Waals surface area contributed by atoms with Gasteiger partial charge in [0.05, 0.1) is 12.2 Å². The molecule has 0 radical (unpaired) electrons. The van der Waals surface area contributed by atoms with E-state index in [1.54, 1.807) is 0 Å². The molecule has 5 nitrogen and oxygen atoms in total. The summed E-state index contributed by atoms with van der Waals surface area (Å²) in [5, 5.41) is 2.86. The van der Waals surface area contributed by atoms with E-state index in [2.05, 4.69) is 5.32 Å². The van der Waals surface area contributed by atoms with Gasteiger partial charge in [-0.3, -0.25) is 0 Å². The van der Waals surface area contributed by atoms with Crippen molar-refractivity contribution in [3.8, 4) is 0 Å². The molecule has 1 saturated heterocycles. The lowest BCUT2D eigenvalue weighted by Crippen LogP contribution is -2.55. The average Bonchev–Trinajstić information content (AvgIpc) is 2.43. The van der Waals surface area contributed by atoms with Crippen LogP contribution in [0, 0.1) is 0 Å². The van der Waals surface area contributed by atoms with Crippen molar-refractivity contribution in [2.75, 3.05) is 6.61 Å². The zero-order chi connectivity index (χ0) is 12.7. The third kappa shape index (κ3) is 3.10. The molecule has 2 rings (SSSR count). The summed E-state index contributed by atoms with van der Waals surface area (Å²) < 4.78 is 10.9. The Morgan fingerprint density at radius 2 is 2.06 bits per heavy atom. The number of rotatable bonds is 1. The maximum absolute atomic E-state index is 11.5. The van der Waals surface area contributed by atoms with Crippen LogP contribution in [0.2, 0.25) is 0 Å². The summed E-state index contributed by atoms with van der Waals surface area (Å²) in [6.45, 7) is 6.20. The highest BCUT2D eigenvalue weighted by Crippen LogP contribution is 2.43. The molecular formula is C12H22N2O3. The molecule has 1 atom stereocenters. The van der Waals surface area contributed by atoms with Crippen LogP contribution in [0.5, 0.6) is 0 Å². The van der Waals surface area contributed by atoms with Gasteiger partial charge in [-0.25, -0.2) is 4.79 Å². The Hall–Kier alpha value is -0.810. The van der Waals surface area contributed by atoms with E-state index in [0.717, 1.165) is 19.3 Å². The Labute approximate surface area is 102 Å². The molecular weight excluding hydrogens is 220 g/mol. The first-order valence-corrected chi connectivity index (χ1v) is 6.17. The summed E-state index contributed by atoms with van der Waals surface area (Å²) in [6.07, 6.45) is 2.25. The maximum atomic E-state index is 11.5. The number of nitrogens with one attached hydrogen (secondary N) is 1. The molecule has 0 aromatic heterocycles. The van der Waals surface area contributed by atoms with Crippen LogP contribution in [-0.4, -0.2) is 36.0 Å². The van der Waals surface area contributed by atoms with Crippen molar-refractivity contribution >= 4 is 6.09 Å². The number of carbonyl (C=O) groups is 1. The van der Waals surface area contributed by atoms with Gasteiger partial charge in [-0.05, 0) is 40.0 Å². The first kappa shape index (κ1) is 12.6. The van der Waals surface area contributed by atoms with Gasteiger partial charge in [0.15, 0.2) is 0 Å². The Balaban J connectivity index is 1.72. The van der Waals surface area contributed by atoms with Crippen molar-refractivity contribution in [2.24, 2.45) is 5.73 Å². The van der Waals surface area contributed by atoms with Crippen molar-refractivity contribution in [1.29, 1.82) is 0 Å². The molecule has 1 heterocycles. The number of carbonyl (C=O) groups excluding carboxylic acids is 1. The molecule has 2 aliphatic rings. The van der Waals surface area contributed by atoms with Crippen molar-refractivity contribution in [1.82, 2.24) is 5.32 Å².